The van der Waals surface area contributed by atoms with E-state index >= 15 is 0 Å². The number of para-hydroxylation sites is 1. The lowest BCUT2D eigenvalue weighted by molar-refractivity contribution is 0.308. The van der Waals surface area contributed by atoms with Gasteiger partial charge in [0, 0.05) is 17.3 Å². The molecule has 6 nitrogen and oxygen atoms in total. The molecule has 0 amide bonds. The molecule has 0 aliphatic rings. The zero-order valence-electron chi connectivity index (χ0n) is 10.9. The number of benzene rings is 1. The summed E-state index contributed by atoms with van der Waals surface area (Å²) in [7, 11) is -3.70. The Morgan fingerprint density at radius 2 is 2.00 bits per heavy atom. The molecule has 1 rings (SSSR count). The van der Waals surface area contributed by atoms with Gasteiger partial charge in [-0.05, 0) is 25.0 Å². The summed E-state index contributed by atoms with van der Waals surface area (Å²) in [5, 5.41) is 0. The number of nitrogens with two attached hydrogens (primary N) is 1. The standard InChI is InChI=1S/C12H18N2O4S2/c13-12(10-19-20(15,16)17)14-8-4-5-9-18-11-6-2-1-3-7-11/h1-3,6-7H,4-5,8-10H2,(H2,13,14)(H,15,16,17). The molecule has 0 fully saturated rings. The third kappa shape index (κ3) is 8.78. The first-order valence-electron chi connectivity index (χ1n) is 6.06. The second-order valence-corrected chi connectivity index (χ2v) is 7.28. The van der Waals surface area contributed by atoms with Crippen LogP contribution in [0.2, 0.25) is 0 Å². The summed E-state index contributed by atoms with van der Waals surface area (Å²) in [4.78, 5) is 4.01. The molecule has 0 aliphatic heterocycles. The highest BCUT2D eigenvalue weighted by atomic mass is 33.1. The zero-order valence-corrected chi connectivity index (χ0v) is 12.6. The first kappa shape index (κ1) is 16.8. The molecular weight excluding hydrogens is 300 g/mol. The third-order valence-corrected chi connectivity index (χ3v) is 4.19. The van der Waals surface area contributed by atoms with E-state index in [2.05, 4.69) is 4.99 Å². The van der Waals surface area contributed by atoms with Crippen molar-refractivity contribution in [3.05, 3.63) is 30.3 Å². The molecule has 0 aliphatic carbocycles. The van der Waals surface area contributed by atoms with Gasteiger partial charge in [-0.15, -0.1) is 0 Å². The molecule has 0 heterocycles. The largest absolute Gasteiger partial charge is 0.494 e. The summed E-state index contributed by atoms with van der Waals surface area (Å²) in [6, 6.07) is 9.53. The van der Waals surface area contributed by atoms with Crippen LogP contribution in [-0.2, 0) is 9.15 Å². The quantitative estimate of drug-likeness (QED) is 0.236. The molecule has 112 valence electrons. The molecule has 8 heteroatoms. The minimum absolute atomic E-state index is 0.0284. The molecule has 0 saturated heterocycles. The Kier molecular flexibility index (Phi) is 7.42. The molecule has 20 heavy (non-hydrogen) atoms. The van der Waals surface area contributed by atoms with E-state index in [0.717, 1.165) is 18.6 Å². The number of unbranched alkanes of at least 4 members (excludes halogenated alkanes) is 1. The monoisotopic (exact) mass is 318 g/mol. The Bertz CT molecular complexity index is 518. The van der Waals surface area contributed by atoms with Gasteiger partial charge in [-0.2, -0.15) is 8.42 Å². The Morgan fingerprint density at radius 3 is 2.65 bits per heavy atom. The summed E-state index contributed by atoms with van der Waals surface area (Å²) in [6.07, 6.45) is 1.63. The van der Waals surface area contributed by atoms with Crippen molar-refractivity contribution in [1.29, 1.82) is 0 Å². The predicted molar refractivity (Wildman–Crippen MR) is 81.7 cm³/mol. The van der Waals surface area contributed by atoms with Gasteiger partial charge in [0.05, 0.1) is 12.4 Å². The molecule has 3 N–H and O–H groups in total. The van der Waals surface area contributed by atoms with Crippen molar-refractivity contribution < 1.29 is 17.7 Å². The number of amidine groups is 1. The smallest absolute Gasteiger partial charge is 0.320 e. The number of nitrogens with zero attached hydrogens (tertiary/aromatic N) is 1. The molecule has 0 bridgehead atoms. The summed E-state index contributed by atoms with van der Waals surface area (Å²) < 4.78 is 35.0. The minimum Gasteiger partial charge on any atom is -0.494 e. The Balaban J connectivity index is 2.09. The molecule has 0 unspecified atom stereocenters. The maximum absolute atomic E-state index is 10.5. The molecule has 0 saturated carbocycles. The molecule has 0 aromatic heterocycles. The molecule has 0 spiro atoms. The van der Waals surface area contributed by atoms with E-state index in [1.165, 1.54) is 0 Å². The molecule has 1 aromatic rings. The van der Waals surface area contributed by atoms with Crippen LogP contribution >= 0.6 is 10.8 Å². The van der Waals surface area contributed by atoms with Gasteiger partial charge in [-0.25, -0.2) is 0 Å². The van der Waals surface area contributed by atoms with E-state index in [9.17, 15) is 8.42 Å². The van der Waals surface area contributed by atoms with Crippen molar-refractivity contribution in [2.75, 3.05) is 18.9 Å². The van der Waals surface area contributed by atoms with Crippen molar-refractivity contribution in [1.82, 2.24) is 0 Å². The lowest BCUT2D eigenvalue weighted by Gasteiger charge is -2.04. The van der Waals surface area contributed by atoms with Crippen LogP contribution in [0.1, 0.15) is 12.8 Å². The highest BCUT2D eigenvalue weighted by molar-refractivity contribution is 8.70. The molecule has 1 aromatic carbocycles. The van der Waals surface area contributed by atoms with Gasteiger partial charge in [-0.1, -0.05) is 18.2 Å². The number of ether oxygens (including phenoxy) is 1. The Labute approximate surface area is 122 Å². The molecule has 0 radical (unpaired) electrons. The summed E-state index contributed by atoms with van der Waals surface area (Å²) in [5.41, 5.74) is 5.51. The fraction of sp³-hybridized carbons (Fsp3) is 0.417. The summed E-state index contributed by atoms with van der Waals surface area (Å²) in [6.45, 7) is 1.11. The average molecular weight is 318 g/mol. The molecule has 0 atom stereocenters. The van der Waals surface area contributed by atoms with Crippen molar-refractivity contribution in [2.45, 2.75) is 12.8 Å². The first-order chi connectivity index (χ1) is 9.47. The van der Waals surface area contributed by atoms with Gasteiger partial charge in [0.2, 0.25) is 0 Å². The summed E-state index contributed by atoms with van der Waals surface area (Å²) >= 11 is 0. The van der Waals surface area contributed by atoms with Gasteiger partial charge in [0.25, 0.3) is 0 Å². The fourth-order valence-electron chi connectivity index (χ4n) is 1.32. The van der Waals surface area contributed by atoms with Gasteiger partial charge in [0.1, 0.15) is 11.6 Å². The number of rotatable bonds is 9. The van der Waals surface area contributed by atoms with E-state index in [1.807, 2.05) is 30.3 Å². The Morgan fingerprint density at radius 1 is 1.30 bits per heavy atom. The highest BCUT2D eigenvalue weighted by Crippen LogP contribution is 2.09. The van der Waals surface area contributed by atoms with E-state index in [4.69, 9.17) is 15.0 Å². The van der Waals surface area contributed by atoms with Crippen molar-refractivity contribution >= 4 is 25.8 Å². The minimum atomic E-state index is -4.05. The topological polar surface area (TPSA) is 102 Å². The van der Waals surface area contributed by atoms with Crippen LogP contribution < -0.4 is 10.5 Å². The van der Waals surface area contributed by atoms with E-state index < -0.39 is 9.15 Å². The van der Waals surface area contributed by atoms with Crippen LogP contribution in [0.4, 0.5) is 0 Å². The van der Waals surface area contributed by atoms with Crippen molar-refractivity contribution in [2.24, 2.45) is 10.7 Å². The fourth-order valence-corrected chi connectivity index (χ4v) is 2.49. The van der Waals surface area contributed by atoms with Crippen molar-refractivity contribution in [3.63, 3.8) is 0 Å². The second kappa shape index (κ2) is 8.83. The van der Waals surface area contributed by atoms with Crippen LogP contribution in [0.3, 0.4) is 0 Å². The predicted octanol–water partition coefficient (Wildman–Crippen LogP) is 1.74. The zero-order chi connectivity index (χ0) is 14.8. The lowest BCUT2D eigenvalue weighted by atomic mass is 10.3. The maximum atomic E-state index is 10.5. The highest BCUT2D eigenvalue weighted by Gasteiger charge is 2.06. The number of aliphatic imine (C=N–C) groups is 1. The first-order valence-corrected chi connectivity index (χ1v) is 9.00. The average Bonchev–Trinajstić information content (AvgIpc) is 2.41. The second-order valence-electron chi connectivity index (χ2n) is 3.93. The van der Waals surface area contributed by atoms with E-state index in [-0.39, 0.29) is 11.6 Å². The van der Waals surface area contributed by atoms with Crippen LogP contribution in [-0.4, -0.2) is 37.7 Å². The molecular formula is C12H18N2O4S2. The lowest BCUT2D eigenvalue weighted by Crippen LogP contribution is -2.16. The van der Waals surface area contributed by atoms with E-state index in [0.29, 0.717) is 23.9 Å². The normalized spacial score (nSPS) is 12.3. The van der Waals surface area contributed by atoms with E-state index in [1.54, 1.807) is 0 Å². The van der Waals surface area contributed by atoms with Gasteiger partial charge in [-0.3, -0.25) is 9.55 Å². The van der Waals surface area contributed by atoms with Crippen LogP contribution in [0.25, 0.3) is 0 Å². The SMILES string of the molecule is NC(CSS(=O)(=O)O)=NCCCCOc1ccccc1. The Hall–Kier alpha value is -1.25. The maximum Gasteiger partial charge on any atom is 0.320 e. The number of hydrogen-bond acceptors (Lipinski definition) is 5. The number of hydrogen-bond donors (Lipinski definition) is 2. The van der Waals surface area contributed by atoms with Crippen LogP contribution in [0.5, 0.6) is 5.75 Å². The third-order valence-electron chi connectivity index (χ3n) is 2.24. The van der Waals surface area contributed by atoms with Crippen LogP contribution in [0, 0.1) is 0 Å². The van der Waals surface area contributed by atoms with Crippen LogP contribution in [0.15, 0.2) is 35.3 Å². The van der Waals surface area contributed by atoms with Gasteiger partial charge in [0.15, 0.2) is 0 Å². The van der Waals surface area contributed by atoms with Crippen molar-refractivity contribution in [3.8, 4) is 5.75 Å². The van der Waals surface area contributed by atoms with Gasteiger partial charge < -0.3 is 10.5 Å². The summed E-state index contributed by atoms with van der Waals surface area (Å²) in [5.74, 6) is 1.01. The van der Waals surface area contributed by atoms with Gasteiger partial charge >= 0.3 is 9.15 Å².